The number of phenolic OH excluding ortho intramolecular Hbond substituents is 1. The fraction of sp³-hybridized carbons (Fsp3) is 0.533. The van der Waals surface area contributed by atoms with Gasteiger partial charge in [0.25, 0.3) is 0 Å². The Morgan fingerprint density at radius 3 is 2.76 bits per heavy atom. The van der Waals surface area contributed by atoms with Gasteiger partial charge >= 0.3 is 0 Å². The van der Waals surface area contributed by atoms with Crippen LogP contribution in [0.4, 0.5) is 0 Å². The molecule has 1 aromatic carbocycles. The highest BCUT2D eigenvalue weighted by molar-refractivity contribution is 5.82. The highest BCUT2D eigenvalue weighted by Crippen LogP contribution is 2.15. The summed E-state index contributed by atoms with van der Waals surface area (Å²) in [5, 5.41) is 18.4. The highest BCUT2D eigenvalue weighted by atomic mass is 16.5. The number of aromatic hydroxyl groups is 1. The summed E-state index contributed by atoms with van der Waals surface area (Å²) in [7, 11) is 0. The van der Waals surface area contributed by atoms with Crippen molar-refractivity contribution in [2.24, 2.45) is 5.73 Å². The molecule has 3 atom stereocenters. The number of amides is 1. The summed E-state index contributed by atoms with van der Waals surface area (Å²) in [5.41, 5.74) is 6.91. The summed E-state index contributed by atoms with van der Waals surface area (Å²) in [6, 6.07) is 5.96. The van der Waals surface area contributed by atoms with Crippen molar-refractivity contribution in [3.05, 3.63) is 29.8 Å². The van der Waals surface area contributed by atoms with Gasteiger partial charge in [-0.1, -0.05) is 12.1 Å². The first-order chi connectivity index (χ1) is 10.0. The molecule has 0 bridgehead atoms. The van der Waals surface area contributed by atoms with Gasteiger partial charge in [0.15, 0.2) is 0 Å². The van der Waals surface area contributed by atoms with Gasteiger partial charge in [-0.3, -0.25) is 4.79 Å². The van der Waals surface area contributed by atoms with Crippen molar-refractivity contribution < 1.29 is 19.7 Å². The molecule has 1 heterocycles. The summed E-state index contributed by atoms with van der Waals surface area (Å²) < 4.78 is 5.42. The number of carbonyl (C=O) groups excluding carboxylic acids is 1. The van der Waals surface area contributed by atoms with E-state index in [0.717, 1.165) is 5.56 Å². The zero-order valence-electron chi connectivity index (χ0n) is 12.1. The van der Waals surface area contributed by atoms with E-state index in [4.69, 9.17) is 15.6 Å². The first-order valence-electron chi connectivity index (χ1n) is 7.07. The molecule has 6 heteroatoms. The summed E-state index contributed by atoms with van der Waals surface area (Å²) in [4.78, 5) is 14.1. The zero-order valence-corrected chi connectivity index (χ0v) is 12.1. The average molecular weight is 294 g/mol. The minimum atomic E-state index is -0.644. The van der Waals surface area contributed by atoms with E-state index in [-0.39, 0.29) is 30.4 Å². The Labute approximate surface area is 124 Å². The van der Waals surface area contributed by atoms with Gasteiger partial charge in [-0.05, 0) is 31.0 Å². The molecule has 0 aromatic heterocycles. The van der Waals surface area contributed by atoms with Crippen LogP contribution >= 0.6 is 0 Å². The molecule has 0 radical (unpaired) electrons. The number of benzene rings is 1. The molecule has 1 amide bonds. The molecule has 2 rings (SSSR count). The lowest BCUT2D eigenvalue weighted by Crippen LogP contribution is -2.56. The van der Waals surface area contributed by atoms with Crippen LogP contribution in [0.2, 0.25) is 0 Å². The van der Waals surface area contributed by atoms with Crippen molar-refractivity contribution in [1.82, 2.24) is 4.90 Å². The molecule has 4 N–H and O–H groups in total. The lowest BCUT2D eigenvalue weighted by atomic mass is 10.0. The predicted octanol–water partition coefficient (Wildman–Crippen LogP) is -0.130. The molecule has 21 heavy (non-hydrogen) atoms. The van der Waals surface area contributed by atoms with E-state index in [1.54, 1.807) is 29.2 Å². The van der Waals surface area contributed by atoms with Crippen LogP contribution in [-0.2, 0) is 16.0 Å². The van der Waals surface area contributed by atoms with Crippen molar-refractivity contribution in [2.45, 2.75) is 31.5 Å². The fourth-order valence-corrected chi connectivity index (χ4v) is 2.42. The van der Waals surface area contributed by atoms with Crippen LogP contribution < -0.4 is 5.73 Å². The summed E-state index contributed by atoms with van der Waals surface area (Å²) in [6.45, 7) is 2.56. The van der Waals surface area contributed by atoms with Crippen LogP contribution in [0.1, 0.15) is 12.5 Å². The minimum absolute atomic E-state index is 0.0498. The van der Waals surface area contributed by atoms with Crippen molar-refractivity contribution in [3.8, 4) is 5.75 Å². The number of nitrogens with two attached hydrogens (primary N) is 1. The lowest BCUT2D eigenvalue weighted by Gasteiger charge is -2.38. The molecule has 1 aliphatic heterocycles. The number of ether oxygens (including phenoxy) is 1. The largest absolute Gasteiger partial charge is 0.508 e. The third kappa shape index (κ3) is 3.93. The molecule has 0 spiro atoms. The maximum absolute atomic E-state index is 12.5. The first-order valence-corrected chi connectivity index (χ1v) is 7.07. The standard InChI is InChI=1S/C15H22N2O4/c1-10-9-21-13(8-18)7-17(10)15(20)14(16)6-11-2-4-12(19)5-3-11/h2-5,10,13-14,18-19H,6-9,16H2,1H3/t10?,13?,14-/m1/s1. The van der Waals surface area contributed by atoms with Gasteiger partial charge in [-0.15, -0.1) is 0 Å². The third-order valence-electron chi connectivity index (χ3n) is 3.70. The normalized spacial score (nSPS) is 23.9. The maximum atomic E-state index is 12.5. The lowest BCUT2D eigenvalue weighted by molar-refractivity contribution is -0.147. The quantitative estimate of drug-likeness (QED) is 0.719. The molecule has 2 unspecified atom stereocenters. The van der Waals surface area contributed by atoms with Crippen LogP contribution in [0.25, 0.3) is 0 Å². The molecule has 1 fully saturated rings. The van der Waals surface area contributed by atoms with Gasteiger partial charge in [0, 0.05) is 6.54 Å². The molecule has 0 saturated carbocycles. The van der Waals surface area contributed by atoms with Gasteiger partial charge in [0.1, 0.15) is 5.75 Å². The van der Waals surface area contributed by atoms with Crippen molar-refractivity contribution in [1.29, 1.82) is 0 Å². The van der Waals surface area contributed by atoms with Gasteiger partial charge in [-0.2, -0.15) is 0 Å². The number of aliphatic hydroxyl groups is 1. The molecule has 1 aliphatic rings. The number of phenols is 1. The van der Waals surface area contributed by atoms with E-state index < -0.39 is 6.04 Å². The minimum Gasteiger partial charge on any atom is -0.508 e. The topological polar surface area (TPSA) is 96.0 Å². The van der Waals surface area contributed by atoms with Crippen molar-refractivity contribution in [2.75, 3.05) is 19.8 Å². The Morgan fingerprint density at radius 2 is 2.14 bits per heavy atom. The van der Waals surface area contributed by atoms with E-state index >= 15 is 0 Å². The highest BCUT2D eigenvalue weighted by Gasteiger charge is 2.31. The molecule has 6 nitrogen and oxygen atoms in total. The van der Waals surface area contributed by atoms with Crippen LogP contribution in [0.5, 0.6) is 5.75 Å². The van der Waals surface area contributed by atoms with Crippen LogP contribution in [-0.4, -0.2) is 59.0 Å². The smallest absolute Gasteiger partial charge is 0.240 e. The van der Waals surface area contributed by atoms with Crippen LogP contribution in [0.15, 0.2) is 24.3 Å². The molecule has 0 aliphatic carbocycles. The Hall–Kier alpha value is -1.63. The second-order valence-electron chi connectivity index (χ2n) is 5.45. The number of morpholine rings is 1. The number of hydrogen-bond acceptors (Lipinski definition) is 5. The van der Waals surface area contributed by atoms with Crippen molar-refractivity contribution >= 4 is 5.91 Å². The van der Waals surface area contributed by atoms with Gasteiger partial charge in [0.05, 0.1) is 31.4 Å². The van der Waals surface area contributed by atoms with E-state index in [9.17, 15) is 9.90 Å². The molecular weight excluding hydrogens is 272 g/mol. The Bertz CT molecular complexity index is 477. The summed E-state index contributed by atoms with van der Waals surface area (Å²) >= 11 is 0. The zero-order chi connectivity index (χ0) is 15.4. The van der Waals surface area contributed by atoms with E-state index in [1.165, 1.54) is 0 Å². The van der Waals surface area contributed by atoms with Crippen LogP contribution in [0.3, 0.4) is 0 Å². The summed E-state index contributed by atoms with van der Waals surface area (Å²) in [6.07, 6.45) is 0.0681. The van der Waals surface area contributed by atoms with E-state index in [0.29, 0.717) is 19.6 Å². The first kappa shape index (κ1) is 15.8. The maximum Gasteiger partial charge on any atom is 0.240 e. The van der Waals surface area contributed by atoms with Crippen molar-refractivity contribution in [3.63, 3.8) is 0 Å². The average Bonchev–Trinajstić information content (AvgIpc) is 2.49. The molecule has 116 valence electrons. The predicted molar refractivity (Wildman–Crippen MR) is 77.8 cm³/mol. The van der Waals surface area contributed by atoms with Gasteiger partial charge in [-0.25, -0.2) is 0 Å². The second-order valence-corrected chi connectivity index (χ2v) is 5.45. The third-order valence-corrected chi connectivity index (χ3v) is 3.70. The van der Waals surface area contributed by atoms with E-state index in [2.05, 4.69) is 0 Å². The number of rotatable bonds is 4. The molecule has 1 saturated heterocycles. The monoisotopic (exact) mass is 294 g/mol. The number of hydrogen-bond donors (Lipinski definition) is 3. The fourth-order valence-electron chi connectivity index (χ4n) is 2.42. The molecule has 1 aromatic rings. The van der Waals surface area contributed by atoms with Gasteiger partial charge in [0.2, 0.25) is 5.91 Å². The Balaban J connectivity index is 1.99. The Morgan fingerprint density at radius 1 is 1.48 bits per heavy atom. The van der Waals surface area contributed by atoms with E-state index in [1.807, 2.05) is 6.92 Å². The second kappa shape index (κ2) is 6.89. The number of carbonyl (C=O) groups is 1. The Kier molecular flexibility index (Phi) is 5.17. The van der Waals surface area contributed by atoms with Gasteiger partial charge < -0.3 is 25.6 Å². The number of aliphatic hydroxyl groups excluding tert-OH is 1. The summed E-state index contributed by atoms with van der Waals surface area (Å²) in [5.74, 6) is 0.0450. The van der Waals surface area contributed by atoms with Crippen LogP contribution in [0, 0.1) is 0 Å². The molecular formula is C15H22N2O4. The SMILES string of the molecule is CC1COC(CO)CN1C(=O)[C@H](N)Cc1ccc(O)cc1. The number of nitrogens with zero attached hydrogens (tertiary/aromatic N) is 1.